The van der Waals surface area contributed by atoms with Crippen molar-refractivity contribution in [3.05, 3.63) is 30.1 Å². The molecule has 0 saturated carbocycles. The molecule has 2 fully saturated rings. The van der Waals surface area contributed by atoms with Crippen LogP contribution in [-0.2, 0) is 4.79 Å². The topological polar surface area (TPSA) is 100 Å². The SMILES string of the molecule is CC(=O)N1CCC(c2cc(Nc3cnc(N)cn3)nc(N3CCC(F)(F)C3)c2)CC1. The largest absolute Gasteiger partial charge is 0.382 e. The molecule has 0 aromatic carbocycles. The molecule has 2 aromatic heterocycles. The first-order valence-corrected chi connectivity index (χ1v) is 10.0. The Labute approximate surface area is 173 Å². The minimum atomic E-state index is -2.71. The van der Waals surface area contributed by atoms with Crippen molar-refractivity contribution in [2.75, 3.05) is 42.1 Å². The Morgan fingerprint density at radius 2 is 1.93 bits per heavy atom. The fourth-order valence-electron chi connectivity index (χ4n) is 3.99. The van der Waals surface area contributed by atoms with Gasteiger partial charge in [0.1, 0.15) is 23.3 Å². The van der Waals surface area contributed by atoms with Crippen molar-refractivity contribution in [2.24, 2.45) is 0 Å². The number of nitrogen functional groups attached to an aromatic ring is 1. The second kappa shape index (κ2) is 8.00. The lowest BCUT2D eigenvalue weighted by atomic mass is 9.89. The monoisotopic (exact) mass is 417 g/mol. The lowest BCUT2D eigenvalue weighted by Crippen LogP contribution is -2.36. The molecular formula is C20H25F2N7O. The summed E-state index contributed by atoms with van der Waals surface area (Å²) < 4.78 is 27.6. The molecule has 0 atom stereocenters. The molecule has 1 amide bonds. The molecule has 0 aliphatic carbocycles. The van der Waals surface area contributed by atoms with Crippen molar-refractivity contribution >= 4 is 29.2 Å². The van der Waals surface area contributed by atoms with Crippen molar-refractivity contribution in [3.8, 4) is 0 Å². The van der Waals surface area contributed by atoms with Crippen molar-refractivity contribution in [1.82, 2.24) is 19.9 Å². The zero-order valence-electron chi connectivity index (χ0n) is 16.8. The third-order valence-electron chi connectivity index (χ3n) is 5.67. The second-order valence-corrected chi connectivity index (χ2v) is 7.90. The molecule has 4 heterocycles. The van der Waals surface area contributed by atoms with Gasteiger partial charge in [0.15, 0.2) is 0 Å². The Morgan fingerprint density at radius 1 is 1.17 bits per heavy atom. The number of hydrogen-bond acceptors (Lipinski definition) is 7. The normalized spacial score (nSPS) is 19.2. The molecule has 2 saturated heterocycles. The quantitative estimate of drug-likeness (QED) is 0.789. The molecule has 2 aromatic rings. The summed E-state index contributed by atoms with van der Waals surface area (Å²) in [5.41, 5.74) is 6.60. The number of anilines is 4. The lowest BCUT2D eigenvalue weighted by molar-refractivity contribution is -0.129. The molecule has 0 spiro atoms. The number of halogens is 2. The van der Waals surface area contributed by atoms with E-state index in [9.17, 15) is 13.6 Å². The number of alkyl halides is 2. The summed E-state index contributed by atoms with van der Waals surface area (Å²) >= 11 is 0. The number of nitrogens with zero attached hydrogens (tertiary/aromatic N) is 5. The molecule has 0 bridgehead atoms. The van der Waals surface area contributed by atoms with Crippen LogP contribution in [0.1, 0.15) is 37.7 Å². The first-order chi connectivity index (χ1) is 14.3. The standard InChI is InChI=1S/C20H25F2N7O/c1-13(30)28-5-2-14(3-6-28)15-8-17(26-18-11-24-16(23)10-25-18)27-19(9-15)29-7-4-20(21,22)12-29/h8-11,14H,2-7,12H2,1H3,(H2,23,24)(H,25,26,27). The van der Waals surface area contributed by atoms with Crippen LogP contribution in [0.25, 0.3) is 0 Å². The molecule has 3 N–H and O–H groups in total. The molecule has 30 heavy (non-hydrogen) atoms. The van der Waals surface area contributed by atoms with Crippen LogP contribution >= 0.6 is 0 Å². The van der Waals surface area contributed by atoms with Gasteiger partial charge in [0, 0.05) is 33.0 Å². The lowest BCUT2D eigenvalue weighted by Gasteiger charge is -2.32. The summed E-state index contributed by atoms with van der Waals surface area (Å²) in [5, 5.41) is 3.10. The average molecular weight is 417 g/mol. The number of carbonyl (C=O) groups is 1. The minimum Gasteiger partial charge on any atom is -0.382 e. The zero-order valence-corrected chi connectivity index (χ0v) is 16.8. The van der Waals surface area contributed by atoms with Crippen LogP contribution in [0.4, 0.5) is 32.1 Å². The van der Waals surface area contributed by atoms with Crippen LogP contribution in [0.15, 0.2) is 24.5 Å². The molecular weight excluding hydrogens is 392 g/mol. The van der Waals surface area contributed by atoms with E-state index in [1.807, 2.05) is 17.0 Å². The van der Waals surface area contributed by atoms with Gasteiger partial charge in [-0.25, -0.2) is 23.7 Å². The van der Waals surface area contributed by atoms with Crippen molar-refractivity contribution < 1.29 is 13.6 Å². The van der Waals surface area contributed by atoms with E-state index < -0.39 is 5.92 Å². The van der Waals surface area contributed by atoms with Crippen LogP contribution in [-0.4, -0.2) is 57.9 Å². The molecule has 0 radical (unpaired) electrons. The summed E-state index contributed by atoms with van der Waals surface area (Å²) in [4.78, 5) is 27.8. The summed E-state index contributed by atoms with van der Waals surface area (Å²) in [7, 11) is 0. The molecule has 0 unspecified atom stereocenters. The number of likely N-dealkylation sites (tertiary alicyclic amines) is 1. The van der Waals surface area contributed by atoms with Crippen molar-refractivity contribution in [1.29, 1.82) is 0 Å². The second-order valence-electron chi connectivity index (χ2n) is 7.90. The van der Waals surface area contributed by atoms with E-state index in [1.54, 1.807) is 11.8 Å². The third kappa shape index (κ3) is 4.58. The van der Waals surface area contributed by atoms with Crippen LogP contribution in [0, 0.1) is 0 Å². The summed E-state index contributed by atoms with van der Waals surface area (Å²) in [6.07, 6.45) is 4.40. The van der Waals surface area contributed by atoms with Crippen molar-refractivity contribution in [2.45, 2.75) is 38.0 Å². The third-order valence-corrected chi connectivity index (χ3v) is 5.67. The summed E-state index contributed by atoms with van der Waals surface area (Å²) in [6, 6.07) is 3.82. The number of amides is 1. The Hall–Kier alpha value is -3.04. The van der Waals surface area contributed by atoms with Crippen molar-refractivity contribution in [3.63, 3.8) is 0 Å². The smallest absolute Gasteiger partial charge is 0.266 e. The van der Waals surface area contributed by atoms with E-state index in [2.05, 4.69) is 20.3 Å². The number of carbonyl (C=O) groups excluding carboxylic acids is 1. The zero-order chi connectivity index (χ0) is 21.3. The fourth-order valence-corrected chi connectivity index (χ4v) is 3.99. The number of piperidine rings is 1. The minimum absolute atomic E-state index is 0.0763. The van der Waals surface area contributed by atoms with Gasteiger partial charge in [0.25, 0.3) is 5.92 Å². The maximum Gasteiger partial charge on any atom is 0.266 e. The number of rotatable bonds is 4. The van der Waals surface area contributed by atoms with Crippen LogP contribution in [0.2, 0.25) is 0 Å². The fraction of sp³-hybridized carbons (Fsp3) is 0.500. The summed E-state index contributed by atoms with van der Waals surface area (Å²) in [5.74, 6) is -0.593. The molecule has 10 heteroatoms. The van der Waals surface area contributed by atoms with E-state index >= 15 is 0 Å². The Bertz CT molecular complexity index is 914. The number of nitrogens with two attached hydrogens (primary N) is 1. The van der Waals surface area contributed by atoms with Gasteiger partial charge in [0.05, 0.1) is 18.9 Å². The van der Waals surface area contributed by atoms with E-state index in [-0.39, 0.29) is 31.3 Å². The Kier molecular flexibility index (Phi) is 5.40. The van der Waals surface area contributed by atoms with Gasteiger partial charge in [-0.2, -0.15) is 0 Å². The number of pyridine rings is 1. The van der Waals surface area contributed by atoms with E-state index in [0.717, 1.165) is 18.4 Å². The first-order valence-electron chi connectivity index (χ1n) is 10.0. The first kappa shape index (κ1) is 20.2. The maximum atomic E-state index is 13.8. The van der Waals surface area contributed by atoms with E-state index in [4.69, 9.17) is 5.73 Å². The van der Waals surface area contributed by atoms with Gasteiger partial charge in [-0.3, -0.25) is 4.79 Å². The van der Waals surface area contributed by atoms with Gasteiger partial charge >= 0.3 is 0 Å². The van der Waals surface area contributed by atoms with Gasteiger partial charge in [-0.1, -0.05) is 0 Å². The van der Waals surface area contributed by atoms with Crippen LogP contribution < -0.4 is 16.0 Å². The highest BCUT2D eigenvalue weighted by molar-refractivity contribution is 5.73. The summed E-state index contributed by atoms with van der Waals surface area (Å²) in [6.45, 7) is 2.87. The van der Waals surface area contributed by atoms with E-state index in [0.29, 0.717) is 36.4 Å². The maximum absolute atomic E-state index is 13.8. The van der Waals surface area contributed by atoms with Gasteiger partial charge in [0.2, 0.25) is 5.91 Å². The highest BCUT2D eigenvalue weighted by atomic mass is 19.3. The van der Waals surface area contributed by atoms with Crippen LogP contribution in [0.3, 0.4) is 0 Å². The van der Waals surface area contributed by atoms with Gasteiger partial charge in [-0.15, -0.1) is 0 Å². The highest BCUT2D eigenvalue weighted by Gasteiger charge is 2.39. The molecule has 8 nitrogen and oxygen atoms in total. The number of nitrogens with one attached hydrogen (secondary N) is 1. The molecule has 2 aliphatic rings. The van der Waals surface area contributed by atoms with E-state index in [1.165, 1.54) is 12.4 Å². The molecule has 160 valence electrons. The molecule has 4 rings (SSSR count). The highest BCUT2D eigenvalue weighted by Crippen LogP contribution is 2.35. The average Bonchev–Trinajstić information content (AvgIpc) is 3.09. The predicted octanol–water partition coefficient (Wildman–Crippen LogP) is 2.77. The van der Waals surface area contributed by atoms with Gasteiger partial charge < -0.3 is 20.9 Å². The Morgan fingerprint density at radius 3 is 2.53 bits per heavy atom. The number of hydrogen-bond donors (Lipinski definition) is 2. The molecule has 2 aliphatic heterocycles. The van der Waals surface area contributed by atoms with Gasteiger partial charge in [-0.05, 0) is 36.5 Å². The predicted molar refractivity (Wildman–Crippen MR) is 110 cm³/mol. The number of aromatic nitrogens is 3. The van der Waals surface area contributed by atoms with Crippen LogP contribution in [0.5, 0.6) is 0 Å². The Balaban J connectivity index is 1.60.